The molecule has 4 rings (SSSR count). The highest BCUT2D eigenvalue weighted by atomic mass is 16.5. The second-order valence-electron chi connectivity index (χ2n) is 5.74. The van der Waals surface area contributed by atoms with Gasteiger partial charge in [-0.05, 0) is 24.1 Å². The van der Waals surface area contributed by atoms with Crippen LogP contribution in [-0.4, -0.2) is 32.6 Å². The Labute approximate surface area is 128 Å². The lowest BCUT2D eigenvalue weighted by molar-refractivity contribution is 0.0919. The van der Waals surface area contributed by atoms with Gasteiger partial charge < -0.3 is 10.1 Å². The van der Waals surface area contributed by atoms with Gasteiger partial charge in [-0.1, -0.05) is 12.1 Å². The van der Waals surface area contributed by atoms with Gasteiger partial charge in [0.2, 0.25) is 0 Å². The third-order valence-electron chi connectivity index (χ3n) is 4.32. The molecule has 1 aromatic carbocycles. The Hall–Kier alpha value is -2.18. The summed E-state index contributed by atoms with van der Waals surface area (Å²) in [5, 5.41) is 16.1. The number of benzene rings is 1. The van der Waals surface area contributed by atoms with Crippen molar-refractivity contribution >= 4 is 10.9 Å². The minimum atomic E-state index is 0.0726. The van der Waals surface area contributed by atoms with Gasteiger partial charge in [0.25, 0.3) is 0 Å². The van der Waals surface area contributed by atoms with Gasteiger partial charge in [-0.3, -0.25) is 9.78 Å². The molecule has 3 aromatic rings. The number of rotatable bonds is 4. The van der Waals surface area contributed by atoms with Gasteiger partial charge in [0, 0.05) is 37.8 Å². The Balaban J connectivity index is 1.47. The largest absolute Gasteiger partial charge is 0.370 e. The van der Waals surface area contributed by atoms with Crippen molar-refractivity contribution in [2.24, 2.45) is 7.05 Å². The zero-order chi connectivity index (χ0) is 14.9. The summed E-state index contributed by atoms with van der Waals surface area (Å²) in [7, 11) is 1.96. The highest BCUT2D eigenvalue weighted by molar-refractivity contribution is 5.78. The van der Waals surface area contributed by atoms with Crippen molar-refractivity contribution < 1.29 is 4.74 Å². The van der Waals surface area contributed by atoms with Crippen molar-refractivity contribution in [3.8, 4) is 0 Å². The molecule has 2 atom stereocenters. The average molecular weight is 297 g/mol. The third kappa shape index (κ3) is 2.40. The molecule has 114 valence electrons. The van der Waals surface area contributed by atoms with Crippen LogP contribution in [0.5, 0.6) is 0 Å². The molecule has 0 amide bonds. The fourth-order valence-electron chi connectivity index (χ4n) is 3.10. The molecule has 0 unspecified atom stereocenters. The van der Waals surface area contributed by atoms with Crippen molar-refractivity contribution in [1.82, 2.24) is 25.3 Å². The Morgan fingerprint density at radius 2 is 2.36 bits per heavy atom. The van der Waals surface area contributed by atoms with E-state index in [2.05, 4.69) is 38.8 Å². The Morgan fingerprint density at radius 3 is 3.23 bits per heavy atom. The lowest BCUT2D eigenvalue weighted by atomic mass is 10.1. The van der Waals surface area contributed by atoms with Gasteiger partial charge in [-0.15, -0.1) is 0 Å². The van der Waals surface area contributed by atoms with Gasteiger partial charge in [0.1, 0.15) is 6.10 Å². The highest BCUT2D eigenvalue weighted by Gasteiger charge is 2.31. The fourth-order valence-corrected chi connectivity index (χ4v) is 3.10. The van der Waals surface area contributed by atoms with E-state index in [-0.39, 0.29) is 6.10 Å². The molecule has 3 heterocycles. The summed E-state index contributed by atoms with van der Waals surface area (Å²) in [6.07, 6.45) is 4.75. The monoisotopic (exact) mass is 297 g/mol. The molecule has 0 bridgehead atoms. The minimum Gasteiger partial charge on any atom is -0.370 e. The summed E-state index contributed by atoms with van der Waals surface area (Å²) in [5.74, 6) is 0. The van der Waals surface area contributed by atoms with Crippen molar-refractivity contribution in [3.63, 3.8) is 0 Å². The van der Waals surface area contributed by atoms with E-state index in [0.29, 0.717) is 6.04 Å². The minimum absolute atomic E-state index is 0.0726. The first-order valence-electron chi connectivity index (χ1n) is 7.56. The Morgan fingerprint density at radius 1 is 1.41 bits per heavy atom. The quantitative estimate of drug-likeness (QED) is 0.772. The third-order valence-corrected chi connectivity index (χ3v) is 4.32. The topological polar surface area (TPSA) is 67.8 Å². The number of aromatic nitrogens is 4. The van der Waals surface area contributed by atoms with Crippen LogP contribution >= 0.6 is 0 Å². The van der Waals surface area contributed by atoms with Crippen LogP contribution in [0.25, 0.3) is 10.9 Å². The van der Waals surface area contributed by atoms with Crippen LogP contribution in [0.4, 0.5) is 0 Å². The Kier molecular flexibility index (Phi) is 3.40. The van der Waals surface area contributed by atoms with E-state index in [9.17, 15) is 0 Å². The van der Waals surface area contributed by atoms with E-state index < -0.39 is 0 Å². The first kappa shape index (κ1) is 13.5. The molecule has 6 heteroatoms. The van der Waals surface area contributed by atoms with Crippen molar-refractivity contribution in [1.29, 1.82) is 0 Å². The standard InChI is InChI=1S/C16H19N5O/c1-21-15(4-6-19-21)16-13(5-7-22-16)17-9-11-2-3-12-10-18-20-14(12)8-11/h2-4,6,8,10,13,16-17H,5,7,9H2,1H3,(H,18,20)/t13-,16-/m0/s1. The molecule has 1 aliphatic heterocycles. The van der Waals surface area contributed by atoms with Crippen LogP contribution in [0.3, 0.4) is 0 Å². The summed E-state index contributed by atoms with van der Waals surface area (Å²) in [6.45, 7) is 1.60. The molecule has 6 nitrogen and oxygen atoms in total. The van der Waals surface area contributed by atoms with E-state index in [1.54, 1.807) is 0 Å². The summed E-state index contributed by atoms with van der Waals surface area (Å²) >= 11 is 0. The molecule has 2 aromatic heterocycles. The first-order chi connectivity index (χ1) is 10.8. The van der Waals surface area contributed by atoms with Crippen LogP contribution in [0, 0.1) is 0 Å². The lowest BCUT2D eigenvalue weighted by Gasteiger charge is -2.20. The van der Waals surface area contributed by atoms with Gasteiger partial charge in [-0.25, -0.2) is 0 Å². The number of H-pyrrole nitrogens is 1. The van der Waals surface area contributed by atoms with E-state index in [0.717, 1.165) is 36.2 Å². The number of ether oxygens (including phenoxy) is 1. The van der Waals surface area contributed by atoms with Crippen LogP contribution in [0.2, 0.25) is 0 Å². The molecule has 1 fully saturated rings. The van der Waals surface area contributed by atoms with Crippen LogP contribution in [-0.2, 0) is 18.3 Å². The van der Waals surface area contributed by atoms with E-state index in [1.165, 1.54) is 5.56 Å². The van der Waals surface area contributed by atoms with E-state index in [4.69, 9.17) is 4.74 Å². The van der Waals surface area contributed by atoms with Crippen LogP contribution in [0.15, 0.2) is 36.7 Å². The first-order valence-corrected chi connectivity index (χ1v) is 7.56. The van der Waals surface area contributed by atoms with Gasteiger partial charge in [-0.2, -0.15) is 10.2 Å². The normalized spacial score (nSPS) is 21.7. The smallest absolute Gasteiger partial charge is 0.114 e. The molecular formula is C16H19N5O. The fraction of sp³-hybridized carbons (Fsp3) is 0.375. The van der Waals surface area contributed by atoms with Crippen molar-refractivity contribution in [2.75, 3.05) is 6.61 Å². The summed E-state index contributed by atoms with van der Waals surface area (Å²) in [5.41, 5.74) is 3.44. The van der Waals surface area contributed by atoms with E-state index >= 15 is 0 Å². The zero-order valence-electron chi connectivity index (χ0n) is 12.5. The maximum atomic E-state index is 5.90. The van der Waals surface area contributed by atoms with Crippen molar-refractivity contribution in [2.45, 2.75) is 25.1 Å². The molecule has 0 saturated carbocycles. The molecule has 1 aliphatic rings. The summed E-state index contributed by atoms with van der Waals surface area (Å²) < 4.78 is 7.79. The van der Waals surface area contributed by atoms with Gasteiger partial charge in [0.05, 0.1) is 17.4 Å². The summed E-state index contributed by atoms with van der Waals surface area (Å²) in [4.78, 5) is 0. The molecule has 2 N–H and O–H groups in total. The molecule has 0 spiro atoms. The molecule has 0 radical (unpaired) electrons. The number of fused-ring (bicyclic) bond motifs is 1. The number of hydrogen-bond acceptors (Lipinski definition) is 4. The number of nitrogens with one attached hydrogen (secondary N) is 2. The highest BCUT2D eigenvalue weighted by Crippen LogP contribution is 2.28. The number of aromatic amines is 1. The predicted octanol–water partition coefficient (Wildman–Crippen LogP) is 1.92. The average Bonchev–Trinajstić information content (AvgIpc) is 3.24. The van der Waals surface area contributed by atoms with Crippen LogP contribution in [0.1, 0.15) is 23.8 Å². The molecule has 0 aliphatic carbocycles. The van der Waals surface area contributed by atoms with E-state index in [1.807, 2.05) is 30.2 Å². The SMILES string of the molecule is Cn1nccc1[C@H]1OCC[C@@H]1NCc1ccc2cn[nH]c2c1. The van der Waals surface area contributed by atoms with Gasteiger partial charge >= 0.3 is 0 Å². The predicted molar refractivity (Wildman–Crippen MR) is 83.2 cm³/mol. The second kappa shape index (κ2) is 5.55. The maximum absolute atomic E-state index is 5.90. The van der Waals surface area contributed by atoms with Crippen molar-refractivity contribution in [3.05, 3.63) is 47.9 Å². The van der Waals surface area contributed by atoms with Gasteiger partial charge in [0.15, 0.2) is 0 Å². The molecule has 1 saturated heterocycles. The second-order valence-corrected chi connectivity index (χ2v) is 5.74. The number of aryl methyl sites for hydroxylation is 1. The van der Waals surface area contributed by atoms with Crippen LogP contribution < -0.4 is 5.32 Å². The zero-order valence-corrected chi connectivity index (χ0v) is 12.5. The number of nitrogens with zero attached hydrogens (tertiary/aromatic N) is 3. The maximum Gasteiger partial charge on any atom is 0.114 e. The summed E-state index contributed by atoms with van der Waals surface area (Å²) in [6, 6.07) is 8.72. The Bertz CT molecular complexity index is 778. The molecular weight excluding hydrogens is 278 g/mol. The lowest BCUT2D eigenvalue weighted by Crippen LogP contribution is -2.32. The molecule has 22 heavy (non-hydrogen) atoms. The number of hydrogen-bond donors (Lipinski definition) is 2.